The van der Waals surface area contributed by atoms with Crippen LogP contribution in [0.1, 0.15) is 26.7 Å². The average molecular weight is 228 g/mol. The summed E-state index contributed by atoms with van der Waals surface area (Å²) in [6, 6.07) is 0.352. The molecule has 0 aromatic heterocycles. The van der Waals surface area contributed by atoms with Crippen LogP contribution in [-0.2, 0) is 9.59 Å². The highest BCUT2D eigenvalue weighted by Crippen LogP contribution is 2.15. The van der Waals surface area contributed by atoms with Crippen LogP contribution in [0, 0.1) is 0 Å². The molecule has 1 saturated heterocycles. The molecule has 1 amide bonds. The minimum absolute atomic E-state index is 0.129. The van der Waals surface area contributed by atoms with Crippen molar-refractivity contribution in [3.63, 3.8) is 0 Å². The molecular weight excluding hydrogens is 208 g/mol. The molecule has 1 rings (SSSR count). The average Bonchev–Trinajstić information content (AvgIpc) is 2.15. The van der Waals surface area contributed by atoms with Gasteiger partial charge in [0.25, 0.3) is 0 Å². The molecule has 0 aromatic carbocycles. The summed E-state index contributed by atoms with van der Waals surface area (Å²) < 4.78 is 0. The van der Waals surface area contributed by atoms with Gasteiger partial charge in [-0.1, -0.05) is 0 Å². The first-order chi connectivity index (χ1) is 7.41. The van der Waals surface area contributed by atoms with Crippen LogP contribution in [0.5, 0.6) is 0 Å². The standard InChI is InChI=1S/C11H20N2O3/c1-8(2)13-6-9(4-5-11(15)16)12(3)7-10(13)14/h8-9H,4-7H2,1-3H3,(H,15,16). The predicted octanol–water partition coefficient (Wildman–Crippen LogP) is 0.402. The van der Waals surface area contributed by atoms with Crippen molar-refractivity contribution >= 4 is 11.9 Å². The fourth-order valence-corrected chi connectivity index (χ4v) is 2.00. The van der Waals surface area contributed by atoms with Crippen LogP contribution in [-0.4, -0.2) is 59.0 Å². The number of carboxylic acid groups (broad SMARTS) is 1. The van der Waals surface area contributed by atoms with E-state index in [1.54, 1.807) is 0 Å². The number of likely N-dealkylation sites (N-methyl/N-ethyl adjacent to an activating group) is 1. The summed E-state index contributed by atoms with van der Waals surface area (Å²) in [5.74, 6) is -0.648. The van der Waals surface area contributed by atoms with Crippen molar-refractivity contribution in [3.8, 4) is 0 Å². The molecule has 1 atom stereocenters. The van der Waals surface area contributed by atoms with E-state index >= 15 is 0 Å². The molecule has 92 valence electrons. The van der Waals surface area contributed by atoms with Gasteiger partial charge in [-0.05, 0) is 27.3 Å². The number of rotatable bonds is 4. The second-order valence-electron chi connectivity index (χ2n) is 4.64. The van der Waals surface area contributed by atoms with Crippen LogP contribution in [0.3, 0.4) is 0 Å². The van der Waals surface area contributed by atoms with Crippen molar-refractivity contribution in [2.45, 2.75) is 38.8 Å². The lowest BCUT2D eigenvalue weighted by Crippen LogP contribution is -2.56. The zero-order valence-corrected chi connectivity index (χ0v) is 10.1. The Morgan fingerprint density at radius 3 is 2.69 bits per heavy atom. The molecule has 1 aliphatic heterocycles. The van der Waals surface area contributed by atoms with Crippen LogP contribution in [0.4, 0.5) is 0 Å². The predicted molar refractivity (Wildman–Crippen MR) is 60.1 cm³/mol. The van der Waals surface area contributed by atoms with E-state index in [1.807, 2.05) is 30.7 Å². The van der Waals surface area contributed by atoms with Crippen molar-refractivity contribution in [2.24, 2.45) is 0 Å². The Hall–Kier alpha value is -1.10. The first-order valence-corrected chi connectivity index (χ1v) is 5.63. The number of piperazine rings is 1. The Kier molecular flexibility index (Phi) is 4.29. The van der Waals surface area contributed by atoms with E-state index in [9.17, 15) is 9.59 Å². The van der Waals surface area contributed by atoms with E-state index in [4.69, 9.17) is 5.11 Å². The highest BCUT2D eigenvalue weighted by molar-refractivity contribution is 5.79. The number of hydrogen-bond acceptors (Lipinski definition) is 3. The maximum Gasteiger partial charge on any atom is 0.303 e. The number of amides is 1. The third-order valence-corrected chi connectivity index (χ3v) is 3.05. The van der Waals surface area contributed by atoms with Crippen molar-refractivity contribution in [3.05, 3.63) is 0 Å². The first kappa shape index (κ1) is 13.0. The number of nitrogens with zero attached hydrogens (tertiary/aromatic N) is 2. The first-order valence-electron chi connectivity index (χ1n) is 5.63. The van der Waals surface area contributed by atoms with E-state index in [-0.39, 0.29) is 24.4 Å². The number of carbonyl (C=O) groups is 2. The number of carbonyl (C=O) groups excluding carboxylic acids is 1. The molecule has 0 aromatic rings. The summed E-state index contributed by atoms with van der Waals surface area (Å²) in [7, 11) is 1.88. The molecule has 1 unspecified atom stereocenters. The zero-order chi connectivity index (χ0) is 12.3. The van der Waals surface area contributed by atoms with Gasteiger partial charge in [0.2, 0.25) is 5.91 Å². The Bertz CT molecular complexity index is 278. The van der Waals surface area contributed by atoms with Crippen LogP contribution in [0.25, 0.3) is 0 Å². The van der Waals surface area contributed by atoms with Gasteiger partial charge in [0, 0.05) is 25.0 Å². The lowest BCUT2D eigenvalue weighted by atomic mass is 10.1. The highest BCUT2D eigenvalue weighted by atomic mass is 16.4. The van der Waals surface area contributed by atoms with Gasteiger partial charge in [0.05, 0.1) is 6.54 Å². The molecule has 5 nitrogen and oxygen atoms in total. The highest BCUT2D eigenvalue weighted by Gasteiger charge is 2.30. The van der Waals surface area contributed by atoms with Crippen LogP contribution >= 0.6 is 0 Å². The SMILES string of the molecule is CC(C)N1CC(CCC(=O)O)N(C)CC1=O. The maximum atomic E-state index is 11.7. The van der Waals surface area contributed by atoms with Crippen LogP contribution in [0.15, 0.2) is 0 Å². The van der Waals surface area contributed by atoms with Gasteiger partial charge in [0.1, 0.15) is 0 Å². The molecule has 1 N–H and O–H groups in total. The fraction of sp³-hybridized carbons (Fsp3) is 0.818. The van der Waals surface area contributed by atoms with Gasteiger partial charge in [-0.15, -0.1) is 0 Å². The zero-order valence-electron chi connectivity index (χ0n) is 10.1. The van der Waals surface area contributed by atoms with E-state index in [1.165, 1.54) is 0 Å². The normalized spacial score (nSPS) is 22.9. The van der Waals surface area contributed by atoms with Gasteiger partial charge in [-0.2, -0.15) is 0 Å². The number of aliphatic carboxylic acids is 1. The Morgan fingerprint density at radius 2 is 2.19 bits per heavy atom. The van der Waals surface area contributed by atoms with Crippen LogP contribution < -0.4 is 0 Å². The fourth-order valence-electron chi connectivity index (χ4n) is 2.00. The lowest BCUT2D eigenvalue weighted by molar-refractivity contribution is -0.140. The molecular formula is C11H20N2O3. The molecule has 1 aliphatic rings. The van der Waals surface area contributed by atoms with E-state index in [0.717, 1.165) is 0 Å². The lowest BCUT2D eigenvalue weighted by Gasteiger charge is -2.41. The minimum atomic E-state index is -0.776. The maximum absolute atomic E-state index is 11.7. The topological polar surface area (TPSA) is 60.9 Å². The summed E-state index contributed by atoms with van der Waals surface area (Å²) >= 11 is 0. The molecule has 0 radical (unpaired) electrons. The second kappa shape index (κ2) is 5.30. The van der Waals surface area contributed by atoms with Gasteiger partial charge in [-0.25, -0.2) is 0 Å². The third-order valence-electron chi connectivity index (χ3n) is 3.05. The van der Waals surface area contributed by atoms with E-state index in [2.05, 4.69) is 0 Å². The monoisotopic (exact) mass is 228 g/mol. The molecule has 5 heteroatoms. The second-order valence-corrected chi connectivity index (χ2v) is 4.64. The smallest absolute Gasteiger partial charge is 0.303 e. The molecule has 0 aliphatic carbocycles. The molecule has 1 fully saturated rings. The van der Waals surface area contributed by atoms with Crippen molar-refractivity contribution < 1.29 is 14.7 Å². The molecule has 16 heavy (non-hydrogen) atoms. The third kappa shape index (κ3) is 3.20. The summed E-state index contributed by atoms with van der Waals surface area (Å²) in [6.45, 7) is 5.00. The van der Waals surface area contributed by atoms with Crippen molar-refractivity contribution in [2.75, 3.05) is 20.1 Å². The molecule has 0 bridgehead atoms. The number of carboxylic acids is 1. The van der Waals surface area contributed by atoms with Gasteiger partial charge < -0.3 is 10.0 Å². The van der Waals surface area contributed by atoms with Crippen molar-refractivity contribution in [1.29, 1.82) is 0 Å². The van der Waals surface area contributed by atoms with Gasteiger partial charge in [-0.3, -0.25) is 14.5 Å². The summed E-state index contributed by atoms with van der Waals surface area (Å²) in [6.07, 6.45) is 0.761. The molecule has 1 heterocycles. The van der Waals surface area contributed by atoms with Gasteiger partial charge in [0.15, 0.2) is 0 Å². The Morgan fingerprint density at radius 1 is 1.56 bits per heavy atom. The van der Waals surface area contributed by atoms with Crippen LogP contribution in [0.2, 0.25) is 0 Å². The van der Waals surface area contributed by atoms with E-state index < -0.39 is 5.97 Å². The summed E-state index contributed by atoms with van der Waals surface area (Å²) in [5.41, 5.74) is 0. The number of hydrogen-bond donors (Lipinski definition) is 1. The summed E-state index contributed by atoms with van der Waals surface area (Å²) in [5, 5.41) is 8.66. The molecule has 0 saturated carbocycles. The van der Waals surface area contributed by atoms with Crippen molar-refractivity contribution in [1.82, 2.24) is 9.80 Å². The Balaban J connectivity index is 2.57. The minimum Gasteiger partial charge on any atom is -0.481 e. The molecule has 0 spiro atoms. The Labute approximate surface area is 96.0 Å². The van der Waals surface area contributed by atoms with Gasteiger partial charge >= 0.3 is 5.97 Å². The largest absolute Gasteiger partial charge is 0.481 e. The summed E-state index contributed by atoms with van der Waals surface area (Å²) in [4.78, 5) is 26.0. The quantitative estimate of drug-likeness (QED) is 0.756. The van der Waals surface area contributed by atoms with E-state index in [0.29, 0.717) is 19.5 Å².